The van der Waals surface area contributed by atoms with Crippen LogP contribution in [0.5, 0.6) is 5.75 Å². The number of hydrogen-bond donors (Lipinski definition) is 0. The summed E-state index contributed by atoms with van der Waals surface area (Å²) in [5.74, 6) is 0.865. The Balaban J connectivity index is 1.58. The molecule has 1 saturated carbocycles. The van der Waals surface area contributed by atoms with E-state index in [1.807, 2.05) is 54.6 Å². The zero-order valence-corrected chi connectivity index (χ0v) is 10.9. The number of ether oxygens (including phenoxy) is 1. The molecule has 0 spiro atoms. The standard InChI is InChI=1S/C16H15NO3/c18-17(19)16-10-15(16)13-6-8-14(9-7-13)20-11-12-4-2-1-3-5-12/h1-9,15-16H,10-11H2/t15?,16-/m0/s1. The van der Waals surface area contributed by atoms with Crippen molar-refractivity contribution in [3.63, 3.8) is 0 Å². The topological polar surface area (TPSA) is 52.4 Å². The van der Waals surface area contributed by atoms with E-state index in [4.69, 9.17) is 4.74 Å². The molecule has 1 aliphatic carbocycles. The molecule has 20 heavy (non-hydrogen) atoms. The van der Waals surface area contributed by atoms with Crippen molar-refractivity contribution in [3.8, 4) is 5.75 Å². The van der Waals surface area contributed by atoms with Crippen LogP contribution in [-0.2, 0) is 6.61 Å². The number of benzene rings is 2. The first-order chi connectivity index (χ1) is 9.74. The maximum Gasteiger partial charge on any atom is 0.221 e. The summed E-state index contributed by atoms with van der Waals surface area (Å²) in [7, 11) is 0. The van der Waals surface area contributed by atoms with Crippen molar-refractivity contribution in [3.05, 3.63) is 75.8 Å². The van der Waals surface area contributed by atoms with Crippen LogP contribution in [0.2, 0.25) is 0 Å². The highest BCUT2D eigenvalue weighted by molar-refractivity contribution is 5.33. The summed E-state index contributed by atoms with van der Waals surface area (Å²) >= 11 is 0. The third kappa shape index (κ3) is 2.79. The van der Waals surface area contributed by atoms with Crippen LogP contribution in [0.4, 0.5) is 0 Å². The van der Waals surface area contributed by atoms with Crippen molar-refractivity contribution in [1.29, 1.82) is 0 Å². The molecule has 4 heteroatoms. The van der Waals surface area contributed by atoms with Gasteiger partial charge in [-0.25, -0.2) is 0 Å². The quantitative estimate of drug-likeness (QED) is 0.617. The van der Waals surface area contributed by atoms with Crippen molar-refractivity contribution < 1.29 is 9.66 Å². The predicted octanol–water partition coefficient (Wildman–Crippen LogP) is 3.40. The fourth-order valence-corrected chi connectivity index (χ4v) is 2.32. The first kappa shape index (κ1) is 12.7. The Kier molecular flexibility index (Phi) is 3.37. The molecule has 2 aromatic carbocycles. The van der Waals surface area contributed by atoms with Gasteiger partial charge in [-0.15, -0.1) is 0 Å². The molecule has 102 valence electrons. The number of hydrogen-bond acceptors (Lipinski definition) is 3. The normalized spacial score (nSPS) is 20.4. The maximum atomic E-state index is 10.7. The van der Waals surface area contributed by atoms with E-state index in [9.17, 15) is 10.1 Å². The van der Waals surface area contributed by atoms with Gasteiger partial charge in [-0.1, -0.05) is 42.5 Å². The smallest absolute Gasteiger partial charge is 0.221 e. The summed E-state index contributed by atoms with van der Waals surface area (Å²) in [6.07, 6.45) is 0.650. The number of nitro groups is 1. The van der Waals surface area contributed by atoms with Crippen LogP contribution in [0.3, 0.4) is 0 Å². The van der Waals surface area contributed by atoms with Crippen molar-refractivity contribution in [1.82, 2.24) is 0 Å². The molecule has 0 heterocycles. The average Bonchev–Trinajstić information content (AvgIpc) is 3.27. The molecule has 0 bridgehead atoms. The molecule has 0 aliphatic heterocycles. The molecule has 0 radical (unpaired) electrons. The third-order valence-electron chi connectivity index (χ3n) is 3.58. The highest BCUT2D eigenvalue weighted by Crippen LogP contribution is 2.43. The van der Waals surface area contributed by atoms with Crippen LogP contribution >= 0.6 is 0 Å². The van der Waals surface area contributed by atoms with E-state index >= 15 is 0 Å². The Morgan fingerprint density at radius 2 is 1.80 bits per heavy atom. The lowest BCUT2D eigenvalue weighted by molar-refractivity contribution is -0.496. The molecular formula is C16H15NO3. The van der Waals surface area contributed by atoms with Crippen LogP contribution < -0.4 is 4.74 Å². The summed E-state index contributed by atoms with van der Waals surface area (Å²) in [4.78, 5) is 10.5. The second-order valence-electron chi connectivity index (χ2n) is 5.04. The lowest BCUT2D eigenvalue weighted by atomic mass is 10.1. The molecule has 4 nitrogen and oxygen atoms in total. The summed E-state index contributed by atoms with van der Waals surface area (Å²) in [5.41, 5.74) is 2.14. The van der Waals surface area contributed by atoms with Crippen molar-refractivity contribution in [2.75, 3.05) is 0 Å². The fourth-order valence-electron chi connectivity index (χ4n) is 2.32. The van der Waals surface area contributed by atoms with Crippen molar-refractivity contribution in [2.24, 2.45) is 0 Å². The van der Waals surface area contributed by atoms with E-state index < -0.39 is 6.04 Å². The zero-order chi connectivity index (χ0) is 13.9. The van der Waals surface area contributed by atoms with Gasteiger partial charge in [0.25, 0.3) is 0 Å². The Morgan fingerprint density at radius 1 is 1.10 bits per heavy atom. The summed E-state index contributed by atoms with van der Waals surface area (Å²) in [6, 6.07) is 17.2. The average molecular weight is 269 g/mol. The molecule has 2 aromatic rings. The van der Waals surface area contributed by atoms with E-state index in [2.05, 4.69) is 0 Å². The molecule has 1 aliphatic rings. The van der Waals surface area contributed by atoms with Crippen molar-refractivity contribution >= 4 is 0 Å². The number of nitrogens with zero attached hydrogens (tertiary/aromatic N) is 1. The fraction of sp³-hybridized carbons (Fsp3) is 0.250. The monoisotopic (exact) mass is 269 g/mol. The first-order valence-corrected chi connectivity index (χ1v) is 6.64. The second kappa shape index (κ2) is 5.33. The first-order valence-electron chi connectivity index (χ1n) is 6.64. The molecule has 0 saturated heterocycles. The highest BCUT2D eigenvalue weighted by atomic mass is 16.6. The van der Waals surface area contributed by atoms with E-state index in [1.165, 1.54) is 0 Å². The third-order valence-corrected chi connectivity index (χ3v) is 3.58. The van der Waals surface area contributed by atoms with E-state index in [-0.39, 0.29) is 10.8 Å². The van der Waals surface area contributed by atoms with Gasteiger partial charge in [-0.2, -0.15) is 0 Å². The Bertz CT molecular complexity index is 595. The lowest BCUT2D eigenvalue weighted by Crippen LogP contribution is -2.02. The van der Waals surface area contributed by atoms with Gasteiger partial charge in [-0.05, 0) is 23.3 Å². The van der Waals surface area contributed by atoms with Crippen LogP contribution in [0.15, 0.2) is 54.6 Å². The largest absolute Gasteiger partial charge is 0.489 e. The molecule has 0 amide bonds. The molecule has 3 rings (SSSR count). The van der Waals surface area contributed by atoms with Crippen LogP contribution in [0.25, 0.3) is 0 Å². The second-order valence-corrected chi connectivity index (χ2v) is 5.04. The summed E-state index contributed by atoms with van der Waals surface area (Å²) < 4.78 is 5.69. The van der Waals surface area contributed by atoms with E-state index in [1.54, 1.807) is 0 Å². The number of rotatable bonds is 5. The van der Waals surface area contributed by atoms with Crippen LogP contribution in [0, 0.1) is 10.1 Å². The molecule has 2 atom stereocenters. The van der Waals surface area contributed by atoms with Gasteiger partial charge in [-0.3, -0.25) is 10.1 Å². The van der Waals surface area contributed by atoms with Gasteiger partial charge in [0, 0.05) is 11.3 Å². The summed E-state index contributed by atoms with van der Waals surface area (Å²) in [6.45, 7) is 0.529. The van der Waals surface area contributed by atoms with Gasteiger partial charge in [0.15, 0.2) is 0 Å². The minimum atomic E-state index is -0.397. The van der Waals surface area contributed by atoms with Gasteiger partial charge in [0.1, 0.15) is 12.4 Å². The Hall–Kier alpha value is -2.36. The van der Waals surface area contributed by atoms with E-state index in [0.717, 1.165) is 16.9 Å². The molecule has 0 aromatic heterocycles. The minimum absolute atomic E-state index is 0.0770. The zero-order valence-electron chi connectivity index (χ0n) is 10.9. The van der Waals surface area contributed by atoms with Gasteiger partial charge in [0.05, 0.1) is 5.92 Å². The Morgan fingerprint density at radius 3 is 2.40 bits per heavy atom. The Labute approximate surface area is 117 Å². The predicted molar refractivity (Wildman–Crippen MR) is 75.4 cm³/mol. The summed E-state index contributed by atoms with van der Waals surface area (Å²) in [5, 5.41) is 10.7. The van der Waals surface area contributed by atoms with Crippen LogP contribution in [-0.4, -0.2) is 11.0 Å². The van der Waals surface area contributed by atoms with Gasteiger partial charge >= 0.3 is 0 Å². The molecule has 1 fully saturated rings. The van der Waals surface area contributed by atoms with Gasteiger partial charge in [0.2, 0.25) is 6.04 Å². The SMILES string of the molecule is O=[N+]([O-])[C@H]1CC1c1ccc(OCc2ccccc2)cc1. The molecular weight excluding hydrogens is 254 g/mol. The van der Waals surface area contributed by atoms with E-state index in [0.29, 0.717) is 13.0 Å². The van der Waals surface area contributed by atoms with Crippen LogP contribution in [0.1, 0.15) is 23.5 Å². The lowest BCUT2D eigenvalue weighted by Gasteiger charge is -2.07. The maximum absolute atomic E-state index is 10.7. The molecule has 0 N–H and O–H groups in total. The van der Waals surface area contributed by atoms with Crippen molar-refractivity contribution in [2.45, 2.75) is 25.0 Å². The minimum Gasteiger partial charge on any atom is -0.489 e. The highest BCUT2D eigenvalue weighted by Gasteiger charge is 2.49. The molecule has 1 unspecified atom stereocenters. The van der Waals surface area contributed by atoms with Gasteiger partial charge < -0.3 is 4.74 Å².